The Hall–Kier alpha value is -3.70. The van der Waals surface area contributed by atoms with Gasteiger partial charge < -0.3 is 9.30 Å². The zero-order valence-corrected chi connectivity index (χ0v) is 19.6. The highest BCUT2D eigenvalue weighted by Crippen LogP contribution is 2.31. The number of sulfone groups is 1. The lowest BCUT2D eigenvalue weighted by Gasteiger charge is -2.19. The van der Waals surface area contributed by atoms with Crippen LogP contribution in [0.3, 0.4) is 0 Å². The second kappa shape index (κ2) is 8.58. The zero-order valence-electron chi connectivity index (χ0n) is 18.0. The van der Waals surface area contributed by atoms with Crippen LogP contribution < -0.4 is 4.74 Å². The lowest BCUT2D eigenvalue weighted by Crippen LogP contribution is -2.35. The second-order valence-corrected chi connectivity index (χ2v) is 10.8. The third-order valence-electron chi connectivity index (χ3n) is 5.22. The van der Waals surface area contributed by atoms with Crippen LogP contribution in [0.5, 0.6) is 5.75 Å². The Bertz CT molecular complexity index is 1520. The molecular formula is C23H19N5O4S2. The number of amidine groups is 2. The summed E-state index contributed by atoms with van der Waals surface area (Å²) in [4.78, 5) is 16.7. The number of nitrogens with zero attached hydrogens (tertiary/aromatic N) is 4. The standard InChI is InChI=1S/C23H19N5O4S2/c1-34(30,31)23-26-28-20(24)18(21(29)25-22(28)33-23)13-15-14-27(19-10-6-5-9-17(15)19)11-12-32-16-7-3-2-4-8-16/h2-10,13-14,24H,11-12H2,1H3/b18-13+,24-20?. The van der Waals surface area contributed by atoms with Gasteiger partial charge in [-0.3, -0.25) is 10.2 Å². The first-order valence-electron chi connectivity index (χ1n) is 10.3. The fourth-order valence-electron chi connectivity index (χ4n) is 3.63. The number of ether oxygens (including phenoxy) is 1. The number of carbonyl (C=O) groups is 1. The molecule has 34 heavy (non-hydrogen) atoms. The van der Waals surface area contributed by atoms with Crippen molar-refractivity contribution in [1.82, 2.24) is 9.58 Å². The topological polar surface area (TPSA) is 117 Å². The minimum Gasteiger partial charge on any atom is -0.492 e. The van der Waals surface area contributed by atoms with Crippen LogP contribution in [0.4, 0.5) is 0 Å². The molecule has 2 aliphatic heterocycles. The predicted octanol–water partition coefficient (Wildman–Crippen LogP) is 3.34. The largest absolute Gasteiger partial charge is 0.492 e. The van der Waals surface area contributed by atoms with Crippen LogP contribution in [0.15, 0.2) is 76.5 Å². The van der Waals surface area contributed by atoms with Gasteiger partial charge in [-0.1, -0.05) is 36.4 Å². The summed E-state index contributed by atoms with van der Waals surface area (Å²) in [5.74, 6) is -0.0444. The summed E-state index contributed by atoms with van der Waals surface area (Å²) in [7, 11) is -3.58. The van der Waals surface area contributed by atoms with Crippen molar-refractivity contribution >= 4 is 59.9 Å². The van der Waals surface area contributed by atoms with E-state index in [2.05, 4.69) is 10.1 Å². The maximum absolute atomic E-state index is 12.7. The zero-order chi connectivity index (χ0) is 23.9. The number of nitrogens with one attached hydrogen (secondary N) is 1. The molecule has 172 valence electrons. The maximum atomic E-state index is 12.7. The summed E-state index contributed by atoms with van der Waals surface area (Å²) in [6, 6.07) is 17.3. The monoisotopic (exact) mass is 493 g/mol. The van der Waals surface area contributed by atoms with Gasteiger partial charge in [-0.25, -0.2) is 8.42 Å². The van der Waals surface area contributed by atoms with E-state index >= 15 is 0 Å². The maximum Gasteiger partial charge on any atom is 0.283 e. The number of rotatable bonds is 5. The van der Waals surface area contributed by atoms with E-state index in [1.54, 1.807) is 6.08 Å². The van der Waals surface area contributed by atoms with Gasteiger partial charge in [-0.2, -0.15) is 10.0 Å². The number of para-hydroxylation sites is 2. The van der Waals surface area contributed by atoms with Gasteiger partial charge in [0, 0.05) is 28.9 Å². The van der Waals surface area contributed by atoms with Gasteiger partial charge >= 0.3 is 0 Å². The molecule has 1 aromatic heterocycles. The molecule has 0 aliphatic carbocycles. The van der Waals surface area contributed by atoms with Gasteiger partial charge in [0.15, 0.2) is 5.84 Å². The molecule has 0 bridgehead atoms. The third-order valence-corrected chi connectivity index (χ3v) is 7.79. The molecular weight excluding hydrogens is 474 g/mol. The van der Waals surface area contributed by atoms with Gasteiger partial charge in [0.1, 0.15) is 12.4 Å². The summed E-state index contributed by atoms with van der Waals surface area (Å²) in [5, 5.41) is 14.5. The molecule has 0 saturated heterocycles. The van der Waals surface area contributed by atoms with Crippen LogP contribution in [0.25, 0.3) is 17.0 Å². The molecule has 0 saturated carbocycles. The minimum absolute atomic E-state index is 0.0336. The highest BCUT2D eigenvalue weighted by atomic mass is 32.3. The Balaban J connectivity index is 1.45. The van der Waals surface area contributed by atoms with E-state index in [9.17, 15) is 13.2 Å². The van der Waals surface area contributed by atoms with Crippen molar-refractivity contribution in [3.05, 3.63) is 71.9 Å². The fourth-order valence-corrected chi connectivity index (χ4v) is 5.32. The molecule has 0 radical (unpaired) electrons. The number of aliphatic imine (C=N–C) groups is 1. The van der Waals surface area contributed by atoms with E-state index in [-0.39, 0.29) is 21.0 Å². The lowest BCUT2D eigenvalue weighted by atomic mass is 10.1. The predicted molar refractivity (Wildman–Crippen MR) is 134 cm³/mol. The normalized spacial score (nSPS) is 17.2. The Labute approximate surface area is 199 Å². The van der Waals surface area contributed by atoms with Crippen molar-refractivity contribution < 1.29 is 17.9 Å². The molecule has 5 rings (SSSR count). The van der Waals surface area contributed by atoms with Gasteiger partial charge in [0.2, 0.25) is 19.4 Å². The van der Waals surface area contributed by atoms with Gasteiger partial charge in [-0.05, 0) is 36.0 Å². The van der Waals surface area contributed by atoms with Crippen LogP contribution in [-0.2, 0) is 21.2 Å². The Morgan fingerprint density at radius 3 is 2.62 bits per heavy atom. The number of benzene rings is 2. The van der Waals surface area contributed by atoms with Crippen LogP contribution in [-0.4, -0.2) is 52.1 Å². The van der Waals surface area contributed by atoms with E-state index in [1.165, 1.54) is 0 Å². The SMILES string of the molecule is CS(=O)(=O)C1=NN2C(=N)/C(=C\c3cn(CCOc4ccccc4)c4ccccc34)C(=O)N=C2S1. The molecule has 0 atom stereocenters. The molecule has 2 aliphatic rings. The molecule has 11 heteroatoms. The first kappa shape index (κ1) is 22.1. The molecule has 1 N–H and O–H groups in total. The lowest BCUT2D eigenvalue weighted by molar-refractivity contribution is -0.114. The molecule has 0 unspecified atom stereocenters. The van der Waals surface area contributed by atoms with Crippen LogP contribution >= 0.6 is 11.8 Å². The molecule has 0 fully saturated rings. The van der Waals surface area contributed by atoms with E-state index in [0.717, 1.165) is 45.2 Å². The molecule has 3 heterocycles. The number of hydrogen-bond acceptors (Lipinski definition) is 7. The Morgan fingerprint density at radius 2 is 1.85 bits per heavy atom. The summed E-state index contributed by atoms with van der Waals surface area (Å²) in [5.41, 5.74) is 1.73. The average molecular weight is 494 g/mol. The summed E-state index contributed by atoms with van der Waals surface area (Å²) >= 11 is 0.762. The van der Waals surface area contributed by atoms with E-state index in [1.807, 2.05) is 65.4 Å². The van der Waals surface area contributed by atoms with Gasteiger partial charge in [0.05, 0.1) is 12.1 Å². The van der Waals surface area contributed by atoms with E-state index in [0.29, 0.717) is 13.2 Å². The van der Waals surface area contributed by atoms with Crippen molar-refractivity contribution in [2.24, 2.45) is 10.1 Å². The van der Waals surface area contributed by atoms with Crippen LogP contribution in [0.1, 0.15) is 5.56 Å². The van der Waals surface area contributed by atoms with E-state index < -0.39 is 15.7 Å². The number of aromatic nitrogens is 1. The molecule has 2 aromatic carbocycles. The quantitative estimate of drug-likeness (QED) is 0.545. The molecule has 3 aromatic rings. The Kier molecular flexibility index (Phi) is 5.58. The smallest absolute Gasteiger partial charge is 0.283 e. The van der Waals surface area contributed by atoms with Crippen LogP contribution in [0, 0.1) is 5.41 Å². The van der Waals surface area contributed by atoms with E-state index in [4.69, 9.17) is 10.1 Å². The third kappa shape index (κ3) is 4.15. The second-order valence-electron chi connectivity index (χ2n) is 7.61. The van der Waals surface area contributed by atoms with Crippen molar-refractivity contribution in [2.45, 2.75) is 6.54 Å². The number of thioether (sulfide) groups is 1. The van der Waals surface area contributed by atoms with Crippen molar-refractivity contribution in [1.29, 1.82) is 5.41 Å². The highest BCUT2D eigenvalue weighted by molar-refractivity contribution is 8.42. The Morgan fingerprint density at radius 1 is 1.12 bits per heavy atom. The van der Waals surface area contributed by atoms with Gasteiger partial charge in [-0.15, -0.1) is 5.10 Å². The molecule has 9 nitrogen and oxygen atoms in total. The summed E-state index contributed by atoms with van der Waals surface area (Å²) < 4.78 is 31.4. The van der Waals surface area contributed by atoms with Crippen molar-refractivity contribution in [3.8, 4) is 5.75 Å². The molecule has 0 spiro atoms. The van der Waals surface area contributed by atoms with Gasteiger partial charge in [0.25, 0.3) is 5.91 Å². The number of hydrogen-bond donors (Lipinski definition) is 1. The number of amides is 1. The average Bonchev–Trinajstić information content (AvgIpc) is 3.40. The summed E-state index contributed by atoms with van der Waals surface area (Å²) in [6.45, 7) is 1.03. The fraction of sp³-hybridized carbons (Fsp3) is 0.130. The summed E-state index contributed by atoms with van der Waals surface area (Å²) in [6.07, 6.45) is 4.52. The highest BCUT2D eigenvalue weighted by Gasteiger charge is 2.38. The minimum atomic E-state index is -3.58. The van der Waals surface area contributed by atoms with Crippen molar-refractivity contribution in [3.63, 3.8) is 0 Å². The van der Waals surface area contributed by atoms with Crippen LogP contribution in [0.2, 0.25) is 0 Å². The number of fused-ring (bicyclic) bond motifs is 2. The first-order chi connectivity index (χ1) is 16.3. The molecule has 1 amide bonds. The van der Waals surface area contributed by atoms with Crippen molar-refractivity contribution in [2.75, 3.05) is 12.9 Å². The first-order valence-corrected chi connectivity index (χ1v) is 13.0. The number of carbonyl (C=O) groups excluding carboxylic acids is 1. The number of hydrazone groups is 1.